The van der Waals surface area contributed by atoms with Gasteiger partial charge in [0.25, 0.3) is 11.8 Å². The number of halogens is 3. The molecule has 13 heteroatoms. The molecule has 3 heterocycles. The van der Waals surface area contributed by atoms with Crippen LogP contribution in [0.4, 0.5) is 18.9 Å². The summed E-state index contributed by atoms with van der Waals surface area (Å²) in [5, 5.41) is 7.40. The Bertz CT molecular complexity index is 1240. The molecule has 0 aliphatic rings. The van der Waals surface area contributed by atoms with Gasteiger partial charge in [-0.2, -0.15) is 8.78 Å². The van der Waals surface area contributed by atoms with Gasteiger partial charge in [-0.3, -0.25) is 9.29 Å². The summed E-state index contributed by atoms with van der Waals surface area (Å²) in [4.78, 5) is 8.49. The molecular formula is C20H17F3N6O2S2. The van der Waals surface area contributed by atoms with Gasteiger partial charge in [-0.15, -0.1) is 21.5 Å². The van der Waals surface area contributed by atoms with Crippen LogP contribution in [0.5, 0.6) is 0 Å². The Morgan fingerprint density at radius 1 is 1.12 bits per heavy atom. The van der Waals surface area contributed by atoms with Crippen LogP contribution in [-0.4, -0.2) is 35.7 Å². The molecule has 4 aromatic rings. The van der Waals surface area contributed by atoms with Gasteiger partial charge in [0.05, 0.1) is 30.8 Å². The first kappa shape index (κ1) is 23.0. The van der Waals surface area contributed by atoms with Gasteiger partial charge in [0.2, 0.25) is 0 Å². The van der Waals surface area contributed by atoms with Gasteiger partial charge in [-0.25, -0.2) is 17.9 Å². The number of aromatic nitrogens is 4. The molecule has 1 unspecified atom stereocenters. The highest BCUT2D eigenvalue weighted by Crippen LogP contribution is 2.29. The number of rotatable bonds is 9. The zero-order valence-corrected chi connectivity index (χ0v) is 18.8. The summed E-state index contributed by atoms with van der Waals surface area (Å²) in [7, 11) is 1.68. The van der Waals surface area contributed by atoms with Crippen molar-refractivity contribution in [2.24, 2.45) is 0 Å². The maximum absolute atomic E-state index is 13.9. The quantitative estimate of drug-likeness (QED) is 0.343. The second kappa shape index (κ2) is 10.2. The monoisotopic (exact) mass is 494 g/mol. The van der Waals surface area contributed by atoms with Crippen molar-refractivity contribution in [1.82, 2.24) is 24.5 Å². The standard InChI is InChI=1S/C20H17F3N6O2S2/c1-28(11-13-5-3-2-4-6-13)33(30)29(15-7-14(21)8-24-9-15)12-17-25-10-16(32-17)19-26-27-20(31-19)18(22)23/h2-10,18H,11-12H2,1H3. The predicted molar refractivity (Wildman–Crippen MR) is 117 cm³/mol. The van der Waals surface area contributed by atoms with E-state index in [1.807, 2.05) is 30.3 Å². The van der Waals surface area contributed by atoms with Crippen LogP contribution in [-0.2, 0) is 24.3 Å². The van der Waals surface area contributed by atoms with Crippen molar-refractivity contribution < 1.29 is 21.8 Å². The van der Waals surface area contributed by atoms with Crippen LogP contribution in [0.2, 0.25) is 0 Å². The lowest BCUT2D eigenvalue weighted by atomic mass is 10.2. The minimum atomic E-state index is -2.88. The van der Waals surface area contributed by atoms with Crippen molar-refractivity contribution in [1.29, 1.82) is 0 Å². The van der Waals surface area contributed by atoms with Crippen LogP contribution in [0.1, 0.15) is 22.9 Å². The number of benzene rings is 1. The lowest BCUT2D eigenvalue weighted by Crippen LogP contribution is -2.36. The minimum Gasteiger partial charge on any atom is -0.414 e. The molecule has 0 aliphatic carbocycles. The fourth-order valence-corrected chi connectivity index (χ4v) is 4.88. The van der Waals surface area contributed by atoms with Gasteiger partial charge in [0.15, 0.2) is 11.2 Å². The maximum Gasteiger partial charge on any atom is 0.314 e. The van der Waals surface area contributed by atoms with E-state index in [4.69, 9.17) is 4.42 Å². The second-order valence-electron chi connectivity index (χ2n) is 6.76. The molecule has 0 N–H and O–H groups in total. The smallest absolute Gasteiger partial charge is 0.314 e. The summed E-state index contributed by atoms with van der Waals surface area (Å²) in [6.45, 7) is 0.422. The van der Waals surface area contributed by atoms with E-state index in [2.05, 4.69) is 20.2 Å². The number of nitrogens with zero attached hydrogens (tertiary/aromatic N) is 6. The zero-order valence-electron chi connectivity index (χ0n) is 17.1. The highest BCUT2D eigenvalue weighted by atomic mass is 32.2. The Hall–Kier alpha value is -3.16. The van der Waals surface area contributed by atoms with Crippen LogP contribution in [0, 0.1) is 5.82 Å². The van der Waals surface area contributed by atoms with Crippen LogP contribution in [0.25, 0.3) is 10.8 Å². The molecule has 33 heavy (non-hydrogen) atoms. The minimum absolute atomic E-state index is 0.0391. The summed E-state index contributed by atoms with van der Waals surface area (Å²) in [6, 6.07) is 10.7. The molecule has 4 rings (SSSR count). The van der Waals surface area contributed by atoms with Crippen LogP contribution < -0.4 is 4.31 Å². The molecule has 1 aromatic carbocycles. The van der Waals surface area contributed by atoms with Crippen LogP contribution in [0.15, 0.2) is 59.4 Å². The van der Waals surface area contributed by atoms with Crippen molar-refractivity contribution in [2.75, 3.05) is 11.4 Å². The molecule has 0 aliphatic heterocycles. The fourth-order valence-electron chi connectivity index (χ4n) is 2.87. The summed E-state index contributed by atoms with van der Waals surface area (Å²) in [5.41, 5.74) is 1.25. The van der Waals surface area contributed by atoms with Gasteiger partial charge in [0, 0.05) is 19.7 Å². The third-order valence-electron chi connectivity index (χ3n) is 4.35. The number of hydrogen-bond acceptors (Lipinski definition) is 7. The first-order valence-electron chi connectivity index (χ1n) is 9.52. The van der Waals surface area contributed by atoms with E-state index in [0.717, 1.165) is 23.1 Å². The SMILES string of the molecule is CN(Cc1ccccc1)S(=O)N(Cc1ncc(-c2nnc(C(F)F)o2)s1)c1cncc(F)c1. The lowest BCUT2D eigenvalue weighted by Gasteiger charge is -2.27. The third kappa shape index (κ3) is 5.61. The predicted octanol–water partition coefficient (Wildman–Crippen LogP) is 4.38. The molecule has 0 saturated heterocycles. The van der Waals surface area contributed by atoms with E-state index in [9.17, 15) is 17.4 Å². The Morgan fingerprint density at radius 3 is 2.61 bits per heavy atom. The third-order valence-corrected chi connectivity index (χ3v) is 6.70. The Morgan fingerprint density at radius 2 is 1.91 bits per heavy atom. The van der Waals surface area contributed by atoms with Crippen LogP contribution >= 0.6 is 11.3 Å². The zero-order chi connectivity index (χ0) is 23.4. The Balaban J connectivity index is 1.58. The van der Waals surface area contributed by atoms with Gasteiger partial charge < -0.3 is 4.42 Å². The van der Waals surface area contributed by atoms with Gasteiger partial charge in [0.1, 0.15) is 15.7 Å². The lowest BCUT2D eigenvalue weighted by molar-refractivity contribution is 0.116. The van der Waals surface area contributed by atoms with E-state index in [0.29, 0.717) is 22.1 Å². The molecule has 172 valence electrons. The van der Waals surface area contributed by atoms with E-state index >= 15 is 0 Å². The van der Waals surface area contributed by atoms with E-state index in [-0.39, 0.29) is 12.4 Å². The summed E-state index contributed by atoms with van der Waals surface area (Å²) in [6.07, 6.45) is 0.980. The number of pyridine rings is 1. The Kier molecular flexibility index (Phi) is 7.11. The molecule has 8 nitrogen and oxygen atoms in total. The summed E-state index contributed by atoms with van der Waals surface area (Å²) < 4.78 is 60.7. The highest BCUT2D eigenvalue weighted by Gasteiger charge is 2.23. The molecule has 0 radical (unpaired) electrons. The number of thiazole rings is 1. The molecule has 0 amide bonds. The molecule has 0 saturated carbocycles. The first-order valence-corrected chi connectivity index (χ1v) is 11.4. The first-order chi connectivity index (χ1) is 15.9. The number of alkyl halides is 2. The highest BCUT2D eigenvalue weighted by molar-refractivity contribution is 7.84. The molecule has 1 atom stereocenters. The number of hydrogen-bond donors (Lipinski definition) is 0. The van der Waals surface area contributed by atoms with Crippen molar-refractivity contribution in [2.45, 2.75) is 19.5 Å². The molecule has 0 bridgehead atoms. The molecule has 3 aromatic heterocycles. The van der Waals surface area contributed by atoms with Crippen LogP contribution in [0.3, 0.4) is 0 Å². The van der Waals surface area contributed by atoms with Crippen molar-refractivity contribution in [3.05, 3.63) is 77.3 Å². The van der Waals surface area contributed by atoms with E-state index in [1.54, 1.807) is 11.4 Å². The van der Waals surface area contributed by atoms with E-state index in [1.165, 1.54) is 22.8 Å². The molecule has 0 spiro atoms. The number of anilines is 1. The maximum atomic E-state index is 13.9. The normalized spacial score (nSPS) is 12.4. The van der Waals surface area contributed by atoms with Gasteiger partial charge in [-0.1, -0.05) is 30.3 Å². The van der Waals surface area contributed by atoms with Crippen molar-refractivity contribution >= 4 is 28.2 Å². The van der Waals surface area contributed by atoms with Gasteiger partial charge in [-0.05, 0) is 5.56 Å². The topological polar surface area (TPSA) is 88.3 Å². The van der Waals surface area contributed by atoms with Crippen molar-refractivity contribution in [3.8, 4) is 10.8 Å². The van der Waals surface area contributed by atoms with Crippen molar-refractivity contribution in [3.63, 3.8) is 0 Å². The molecule has 0 fully saturated rings. The largest absolute Gasteiger partial charge is 0.414 e. The average molecular weight is 495 g/mol. The summed E-state index contributed by atoms with van der Waals surface area (Å²) >= 11 is -0.614. The summed E-state index contributed by atoms with van der Waals surface area (Å²) in [5.74, 6) is -1.45. The van der Waals surface area contributed by atoms with E-state index < -0.39 is 29.3 Å². The fraction of sp³-hybridized carbons (Fsp3) is 0.200. The average Bonchev–Trinajstić information content (AvgIpc) is 3.47. The Labute approximate surface area is 193 Å². The van der Waals surface area contributed by atoms with Gasteiger partial charge >= 0.3 is 6.43 Å². The second-order valence-corrected chi connectivity index (χ2v) is 9.41. The molecular weight excluding hydrogens is 477 g/mol.